The standard InChI is InChI=1S/C12H11ClN2O3/c1-18-10-3-2-7(4-8(10)13)5-11-14-6-9(15-11)12(16)17/h2-4,6H,5H2,1H3,(H,14,15)(H,16,17). The highest BCUT2D eigenvalue weighted by atomic mass is 35.5. The van der Waals surface area contributed by atoms with Crippen molar-refractivity contribution in [3.8, 4) is 5.75 Å². The Morgan fingerprint density at radius 1 is 1.56 bits per heavy atom. The average molecular weight is 267 g/mol. The van der Waals surface area contributed by atoms with Gasteiger partial charge in [-0.2, -0.15) is 0 Å². The van der Waals surface area contributed by atoms with Crippen molar-refractivity contribution in [1.82, 2.24) is 9.97 Å². The van der Waals surface area contributed by atoms with Crippen molar-refractivity contribution in [3.05, 3.63) is 46.5 Å². The molecule has 0 spiro atoms. The SMILES string of the molecule is COc1ccc(Cc2ncc(C(=O)O)[nH]2)cc1Cl. The number of methoxy groups -OCH3 is 1. The predicted molar refractivity (Wildman–Crippen MR) is 66.4 cm³/mol. The third-order valence-corrected chi connectivity index (χ3v) is 2.74. The summed E-state index contributed by atoms with van der Waals surface area (Å²) in [6, 6.07) is 5.38. The zero-order valence-electron chi connectivity index (χ0n) is 9.61. The van der Waals surface area contributed by atoms with Crippen LogP contribution in [0.3, 0.4) is 0 Å². The van der Waals surface area contributed by atoms with Crippen LogP contribution in [0, 0.1) is 0 Å². The Bertz CT molecular complexity index is 580. The summed E-state index contributed by atoms with van der Waals surface area (Å²) in [5.74, 6) is 0.154. The second-order valence-corrected chi connectivity index (χ2v) is 4.10. The highest BCUT2D eigenvalue weighted by molar-refractivity contribution is 6.32. The molecule has 0 bridgehead atoms. The summed E-state index contributed by atoms with van der Waals surface area (Å²) in [6.07, 6.45) is 1.78. The third-order valence-electron chi connectivity index (χ3n) is 2.45. The molecule has 18 heavy (non-hydrogen) atoms. The van der Waals surface area contributed by atoms with E-state index in [0.29, 0.717) is 23.0 Å². The molecule has 0 radical (unpaired) electrons. The van der Waals surface area contributed by atoms with E-state index >= 15 is 0 Å². The van der Waals surface area contributed by atoms with Crippen LogP contribution in [-0.4, -0.2) is 28.2 Å². The fourth-order valence-electron chi connectivity index (χ4n) is 1.57. The van der Waals surface area contributed by atoms with Crippen molar-refractivity contribution in [1.29, 1.82) is 0 Å². The van der Waals surface area contributed by atoms with Crippen LogP contribution < -0.4 is 4.74 Å². The average Bonchev–Trinajstić information content (AvgIpc) is 2.78. The number of carboxylic acids is 1. The smallest absolute Gasteiger partial charge is 0.353 e. The second-order valence-electron chi connectivity index (χ2n) is 3.69. The molecule has 2 rings (SSSR count). The largest absolute Gasteiger partial charge is 0.495 e. The summed E-state index contributed by atoms with van der Waals surface area (Å²) in [6.45, 7) is 0. The van der Waals surface area contributed by atoms with Gasteiger partial charge in [0.1, 0.15) is 17.3 Å². The van der Waals surface area contributed by atoms with Crippen molar-refractivity contribution in [2.75, 3.05) is 7.11 Å². The monoisotopic (exact) mass is 266 g/mol. The molecule has 0 saturated carbocycles. The van der Waals surface area contributed by atoms with Crippen LogP contribution in [0.4, 0.5) is 0 Å². The minimum absolute atomic E-state index is 0.0737. The number of nitrogens with zero attached hydrogens (tertiary/aromatic N) is 1. The van der Waals surface area contributed by atoms with Gasteiger partial charge in [0.25, 0.3) is 0 Å². The molecule has 94 valence electrons. The number of benzene rings is 1. The second kappa shape index (κ2) is 5.10. The molecule has 2 N–H and O–H groups in total. The number of aromatic carboxylic acids is 1. The van der Waals surface area contributed by atoms with Crippen LogP contribution in [0.1, 0.15) is 21.9 Å². The van der Waals surface area contributed by atoms with Crippen LogP contribution in [-0.2, 0) is 6.42 Å². The molecular weight excluding hydrogens is 256 g/mol. The number of H-pyrrole nitrogens is 1. The number of carbonyl (C=O) groups is 1. The maximum atomic E-state index is 10.7. The van der Waals surface area contributed by atoms with E-state index in [2.05, 4.69) is 9.97 Å². The number of rotatable bonds is 4. The lowest BCUT2D eigenvalue weighted by Crippen LogP contribution is -1.97. The maximum Gasteiger partial charge on any atom is 0.353 e. The molecule has 0 aliphatic heterocycles. The highest BCUT2D eigenvalue weighted by Gasteiger charge is 2.08. The molecule has 0 fully saturated rings. The maximum absolute atomic E-state index is 10.7. The molecule has 1 aromatic heterocycles. The molecule has 0 amide bonds. The molecule has 5 nitrogen and oxygen atoms in total. The molecule has 0 saturated heterocycles. The number of hydrogen-bond donors (Lipinski definition) is 2. The number of imidazole rings is 1. The van der Waals surface area contributed by atoms with Gasteiger partial charge >= 0.3 is 5.97 Å². The van der Waals surface area contributed by atoms with E-state index in [1.165, 1.54) is 6.20 Å². The van der Waals surface area contributed by atoms with Gasteiger partial charge in [-0.25, -0.2) is 9.78 Å². The van der Waals surface area contributed by atoms with Gasteiger partial charge in [0.05, 0.1) is 18.3 Å². The predicted octanol–water partition coefficient (Wildman–Crippen LogP) is 2.36. The van der Waals surface area contributed by atoms with E-state index in [4.69, 9.17) is 21.4 Å². The lowest BCUT2D eigenvalue weighted by Gasteiger charge is -2.04. The summed E-state index contributed by atoms with van der Waals surface area (Å²) in [5, 5.41) is 9.28. The Morgan fingerprint density at radius 3 is 2.89 bits per heavy atom. The van der Waals surface area contributed by atoms with Crippen molar-refractivity contribution in [3.63, 3.8) is 0 Å². The molecule has 6 heteroatoms. The van der Waals surface area contributed by atoms with E-state index < -0.39 is 5.97 Å². The molecule has 0 aliphatic rings. The first-order valence-corrected chi connectivity index (χ1v) is 5.57. The lowest BCUT2D eigenvalue weighted by molar-refractivity contribution is 0.0691. The topological polar surface area (TPSA) is 75.2 Å². The molecule has 1 heterocycles. The van der Waals surface area contributed by atoms with Crippen LogP contribution >= 0.6 is 11.6 Å². The number of ether oxygens (including phenoxy) is 1. The minimum Gasteiger partial charge on any atom is -0.495 e. The van der Waals surface area contributed by atoms with Gasteiger partial charge in [0.2, 0.25) is 0 Å². The molecule has 1 aromatic carbocycles. The van der Waals surface area contributed by atoms with Gasteiger partial charge in [0.15, 0.2) is 0 Å². The first-order chi connectivity index (χ1) is 8.60. The first-order valence-electron chi connectivity index (χ1n) is 5.19. The Morgan fingerprint density at radius 2 is 2.33 bits per heavy atom. The van der Waals surface area contributed by atoms with Crippen molar-refractivity contribution in [2.45, 2.75) is 6.42 Å². The van der Waals surface area contributed by atoms with Crippen molar-refractivity contribution < 1.29 is 14.6 Å². The van der Waals surface area contributed by atoms with Gasteiger partial charge in [-0.05, 0) is 17.7 Å². The van der Waals surface area contributed by atoms with Gasteiger partial charge in [-0.15, -0.1) is 0 Å². The van der Waals surface area contributed by atoms with E-state index in [9.17, 15) is 4.79 Å². The molecule has 0 unspecified atom stereocenters. The Balaban J connectivity index is 2.18. The van der Waals surface area contributed by atoms with Gasteiger partial charge in [0, 0.05) is 6.42 Å². The van der Waals surface area contributed by atoms with E-state index in [1.54, 1.807) is 19.2 Å². The molecule has 2 aromatic rings. The van der Waals surface area contributed by atoms with E-state index in [1.807, 2.05) is 6.07 Å². The Labute approximate surface area is 108 Å². The third kappa shape index (κ3) is 2.62. The van der Waals surface area contributed by atoms with Gasteiger partial charge in [-0.1, -0.05) is 17.7 Å². The zero-order valence-corrected chi connectivity index (χ0v) is 10.4. The van der Waals surface area contributed by atoms with Crippen LogP contribution in [0.2, 0.25) is 5.02 Å². The minimum atomic E-state index is -1.03. The number of halogens is 1. The fourth-order valence-corrected chi connectivity index (χ4v) is 1.85. The van der Waals surface area contributed by atoms with Gasteiger partial charge in [-0.3, -0.25) is 0 Å². The van der Waals surface area contributed by atoms with Crippen LogP contribution in [0.5, 0.6) is 5.75 Å². The molecular formula is C12H11ClN2O3. The van der Waals surface area contributed by atoms with Crippen molar-refractivity contribution >= 4 is 17.6 Å². The number of aromatic amines is 1. The number of aromatic nitrogens is 2. The summed E-state index contributed by atoms with van der Waals surface area (Å²) in [7, 11) is 1.55. The van der Waals surface area contributed by atoms with Crippen LogP contribution in [0.15, 0.2) is 24.4 Å². The Hall–Kier alpha value is -2.01. The molecule has 0 atom stereocenters. The number of hydrogen-bond acceptors (Lipinski definition) is 3. The highest BCUT2D eigenvalue weighted by Crippen LogP contribution is 2.25. The number of nitrogens with one attached hydrogen (secondary N) is 1. The zero-order chi connectivity index (χ0) is 13.1. The van der Waals surface area contributed by atoms with E-state index in [0.717, 1.165) is 5.56 Å². The Kier molecular flexibility index (Phi) is 3.53. The summed E-state index contributed by atoms with van der Waals surface area (Å²) in [5.41, 5.74) is 0.997. The fraction of sp³-hybridized carbons (Fsp3) is 0.167. The normalized spacial score (nSPS) is 10.3. The van der Waals surface area contributed by atoms with E-state index in [-0.39, 0.29) is 5.69 Å². The summed E-state index contributed by atoms with van der Waals surface area (Å²) < 4.78 is 5.05. The lowest BCUT2D eigenvalue weighted by atomic mass is 10.1. The summed E-state index contributed by atoms with van der Waals surface area (Å²) >= 11 is 6.00. The first kappa shape index (κ1) is 12.4. The molecule has 0 aliphatic carbocycles. The van der Waals surface area contributed by atoms with Crippen LogP contribution in [0.25, 0.3) is 0 Å². The quantitative estimate of drug-likeness (QED) is 0.891. The van der Waals surface area contributed by atoms with Gasteiger partial charge < -0.3 is 14.8 Å². The van der Waals surface area contributed by atoms with Crippen molar-refractivity contribution in [2.24, 2.45) is 0 Å². The number of carboxylic acid groups (broad SMARTS) is 1. The summed E-state index contributed by atoms with van der Waals surface area (Å²) in [4.78, 5) is 17.4.